The van der Waals surface area contributed by atoms with Gasteiger partial charge in [0.2, 0.25) is 5.95 Å². The number of anilines is 1. The van der Waals surface area contributed by atoms with Crippen LogP contribution in [0, 0.1) is 0 Å². The standard InChI is InChI=1S/C16H21F3N4.C6H6S/c1-6-11-7-8-13(12(9-11)10(2)3)23-15(22(4)5)20-14(21-23)16(17,18)19;7-6-4-2-1-3-5-6/h7-10H,6H2,1-5H3;1-5,7H. The number of halogens is 3. The van der Waals surface area contributed by atoms with Crippen molar-refractivity contribution in [3.8, 4) is 5.69 Å². The number of thiol groups is 1. The summed E-state index contributed by atoms with van der Waals surface area (Å²) in [5, 5.41) is 3.71. The summed E-state index contributed by atoms with van der Waals surface area (Å²) in [5.41, 5.74) is 2.72. The number of aryl methyl sites for hydroxylation is 1. The number of alkyl halides is 3. The molecule has 0 N–H and O–H groups in total. The lowest BCUT2D eigenvalue weighted by Crippen LogP contribution is -2.16. The summed E-state index contributed by atoms with van der Waals surface area (Å²) in [6.45, 7) is 6.06. The number of hydrogen-bond donors (Lipinski definition) is 1. The van der Waals surface area contributed by atoms with Crippen LogP contribution in [0.25, 0.3) is 5.69 Å². The van der Waals surface area contributed by atoms with E-state index in [1.165, 1.54) is 9.58 Å². The van der Waals surface area contributed by atoms with Crippen LogP contribution in [-0.4, -0.2) is 28.9 Å². The van der Waals surface area contributed by atoms with Crippen LogP contribution in [0.4, 0.5) is 19.1 Å². The van der Waals surface area contributed by atoms with Gasteiger partial charge in [0.1, 0.15) is 0 Å². The molecule has 3 aromatic rings. The second-order valence-corrected chi connectivity index (χ2v) is 7.79. The monoisotopic (exact) mass is 436 g/mol. The minimum atomic E-state index is -4.57. The lowest BCUT2D eigenvalue weighted by atomic mass is 9.98. The quantitative estimate of drug-likeness (QED) is 0.508. The minimum Gasteiger partial charge on any atom is -0.347 e. The highest BCUT2D eigenvalue weighted by molar-refractivity contribution is 7.80. The Balaban J connectivity index is 0.000000386. The second kappa shape index (κ2) is 10.0. The van der Waals surface area contributed by atoms with Gasteiger partial charge in [-0.3, -0.25) is 0 Å². The normalized spacial score (nSPS) is 11.3. The SMILES string of the molecule is CCc1ccc(-n2nc(C(F)(F)F)nc2N(C)C)c(C(C)C)c1.Sc1ccccc1. The third kappa shape index (κ3) is 6.01. The Bertz CT molecular complexity index is 951. The zero-order valence-corrected chi connectivity index (χ0v) is 18.7. The first kappa shape index (κ1) is 23.8. The van der Waals surface area contributed by atoms with Crippen molar-refractivity contribution in [3.05, 3.63) is 65.5 Å². The van der Waals surface area contributed by atoms with Crippen LogP contribution in [0.5, 0.6) is 0 Å². The van der Waals surface area contributed by atoms with E-state index in [2.05, 4.69) is 22.7 Å². The molecule has 0 spiro atoms. The first-order valence-electron chi connectivity index (χ1n) is 9.63. The molecule has 0 saturated heterocycles. The lowest BCUT2D eigenvalue weighted by molar-refractivity contribution is -0.144. The molecule has 8 heteroatoms. The average molecular weight is 437 g/mol. The predicted molar refractivity (Wildman–Crippen MR) is 118 cm³/mol. The van der Waals surface area contributed by atoms with Gasteiger partial charge >= 0.3 is 6.18 Å². The smallest absolute Gasteiger partial charge is 0.347 e. The predicted octanol–water partition coefficient (Wildman–Crippen LogP) is 6.01. The summed E-state index contributed by atoms with van der Waals surface area (Å²) in [6.07, 6.45) is -3.71. The number of aromatic nitrogens is 3. The zero-order chi connectivity index (χ0) is 22.5. The first-order valence-corrected chi connectivity index (χ1v) is 10.1. The van der Waals surface area contributed by atoms with Crippen LogP contribution >= 0.6 is 12.6 Å². The average Bonchev–Trinajstić information content (AvgIpc) is 3.14. The highest BCUT2D eigenvalue weighted by atomic mass is 32.1. The number of benzene rings is 2. The van der Waals surface area contributed by atoms with Gasteiger partial charge in [0.25, 0.3) is 5.82 Å². The van der Waals surface area contributed by atoms with Crippen LogP contribution in [0.1, 0.15) is 43.6 Å². The minimum absolute atomic E-state index is 0.156. The Morgan fingerprint density at radius 1 is 1.07 bits per heavy atom. The Kier molecular flexibility index (Phi) is 7.95. The number of hydrogen-bond acceptors (Lipinski definition) is 4. The summed E-state index contributed by atoms with van der Waals surface area (Å²) in [5.74, 6) is -0.816. The molecule has 0 aliphatic carbocycles. The molecule has 0 fully saturated rings. The Morgan fingerprint density at radius 3 is 2.13 bits per heavy atom. The largest absolute Gasteiger partial charge is 0.453 e. The Hall–Kier alpha value is -2.48. The van der Waals surface area contributed by atoms with Crippen LogP contribution in [0.2, 0.25) is 0 Å². The highest BCUT2D eigenvalue weighted by Crippen LogP contribution is 2.31. The summed E-state index contributed by atoms with van der Waals surface area (Å²) < 4.78 is 40.2. The van der Waals surface area contributed by atoms with Gasteiger partial charge in [-0.25, -0.2) is 0 Å². The maximum absolute atomic E-state index is 13.0. The van der Waals surface area contributed by atoms with E-state index in [4.69, 9.17) is 0 Å². The summed E-state index contributed by atoms with van der Waals surface area (Å²) in [6, 6.07) is 15.5. The fourth-order valence-corrected chi connectivity index (χ4v) is 2.95. The van der Waals surface area contributed by atoms with E-state index in [1.807, 2.05) is 69.3 Å². The maximum atomic E-state index is 13.0. The van der Waals surface area contributed by atoms with Crippen LogP contribution < -0.4 is 4.90 Å². The van der Waals surface area contributed by atoms with Gasteiger partial charge in [-0.1, -0.05) is 51.1 Å². The van der Waals surface area contributed by atoms with Gasteiger partial charge in [0, 0.05) is 19.0 Å². The number of rotatable bonds is 4. The molecular formula is C22H27F3N4S. The molecule has 0 aliphatic heterocycles. The molecule has 1 heterocycles. The molecule has 4 nitrogen and oxygen atoms in total. The maximum Gasteiger partial charge on any atom is 0.453 e. The molecule has 1 aromatic heterocycles. The number of nitrogens with zero attached hydrogens (tertiary/aromatic N) is 4. The molecule has 3 rings (SSSR count). The van der Waals surface area contributed by atoms with Gasteiger partial charge in [-0.15, -0.1) is 17.7 Å². The van der Waals surface area contributed by atoms with E-state index in [1.54, 1.807) is 14.1 Å². The van der Waals surface area contributed by atoms with Crippen molar-refractivity contribution in [2.24, 2.45) is 0 Å². The molecule has 30 heavy (non-hydrogen) atoms. The van der Waals surface area contributed by atoms with Crippen LogP contribution in [0.3, 0.4) is 0 Å². The molecule has 0 radical (unpaired) electrons. The molecule has 0 unspecified atom stereocenters. The molecule has 0 saturated carbocycles. The first-order chi connectivity index (χ1) is 14.0. The molecule has 0 bridgehead atoms. The third-order valence-electron chi connectivity index (χ3n) is 4.35. The summed E-state index contributed by atoms with van der Waals surface area (Å²) >= 11 is 4.08. The van der Waals surface area contributed by atoms with Crippen molar-refractivity contribution in [3.63, 3.8) is 0 Å². The fraction of sp³-hybridized carbons (Fsp3) is 0.364. The lowest BCUT2D eigenvalue weighted by Gasteiger charge is -2.18. The van der Waals surface area contributed by atoms with E-state index >= 15 is 0 Å². The van der Waals surface area contributed by atoms with Crippen molar-refractivity contribution in [2.45, 2.75) is 44.2 Å². The van der Waals surface area contributed by atoms with Crippen molar-refractivity contribution >= 4 is 18.6 Å². The van der Waals surface area contributed by atoms with Gasteiger partial charge < -0.3 is 4.90 Å². The van der Waals surface area contributed by atoms with Gasteiger partial charge in [0.05, 0.1) is 5.69 Å². The summed E-state index contributed by atoms with van der Waals surface area (Å²) in [7, 11) is 3.30. The van der Waals surface area contributed by atoms with E-state index in [0.717, 1.165) is 22.4 Å². The van der Waals surface area contributed by atoms with E-state index in [9.17, 15) is 13.2 Å². The summed E-state index contributed by atoms with van der Waals surface area (Å²) in [4.78, 5) is 6.20. The van der Waals surface area contributed by atoms with Crippen LogP contribution in [-0.2, 0) is 12.6 Å². The van der Waals surface area contributed by atoms with Gasteiger partial charge in [-0.2, -0.15) is 22.8 Å². The van der Waals surface area contributed by atoms with Gasteiger partial charge in [0.15, 0.2) is 0 Å². The van der Waals surface area contributed by atoms with E-state index in [-0.39, 0.29) is 11.9 Å². The Morgan fingerprint density at radius 2 is 1.70 bits per heavy atom. The molecule has 0 aliphatic rings. The Labute approximate surface area is 181 Å². The topological polar surface area (TPSA) is 34.0 Å². The molecule has 162 valence electrons. The van der Waals surface area contributed by atoms with E-state index < -0.39 is 12.0 Å². The van der Waals surface area contributed by atoms with Crippen LogP contribution in [0.15, 0.2) is 53.4 Å². The zero-order valence-electron chi connectivity index (χ0n) is 17.8. The van der Waals surface area contributed by atoms with E-state index in [0.29, 0.717) is 5.69 Å². The highest BCUT2D eigenvalue weighted by Gasteiger charge is 2.38. The fourth-order valence-electron chi connectivity index (χ4n) is 2.78. The molecule has 0 atom stereocenters. The van der Waals surface area contributed by atoms with Crippen molar-refractivity contribution in [2.75, 3.05) is 19.0 Å². The van der Waals surface area contributed by atoms with Crippen molar-refractivity contribution < 1.29 is 13.2 Å². The molecule has 2 aromatic carbocycles. The van der Waals surface area contributed by atoms with Crippen molar-refractivity contribution in [1.82, 2.24) is 14.8 Å². The van der Waals surface area contributed by atoms with Crippen molar-refractivity contribution in [1.29, 1.82) is 0 Å². The van der Waals surface area contributed by atoms with Gasteiger partial charge in [-0.05, 0) is 41.7 Å². The molecule has 0 amide bonds. The third-order valence-corrected chi connectivity index (χ3v) is 4.65. The molecular weight excluding hydrogens is 409 g/mol. The second-order valence-electron chi connectivity index (χ2n) is 7.28.